The summed E-state index contributed by atoms with van der Waals surface area (Å²) >= 11 is 5.77. The van der Waals surface area contributed by atoms with Gasteiger partial charge in [0.05, 0.1) is 37.8 Å². The first-order valence-corrected chi connectivity index (χ1v) is 11.9. The van der Waals surface area contributed by atoms with Gasteiger partial charge in [0.15, 0.2) is 0 Å². The van der Waals surface area contributed by atoms with E-state index in [0.717, 1.165) is 74.7 Å². The topological polar surface area (TPSA) is 48.0 Å². The van der Waals surface area contributed by atoms with Crippen LogP contribution in [0.25, 0.3) is 0 Å². The normalized spacial score (nSPS) is 30.2. The Morgan fingerprint density at radius 3 is 2.65 bits per heavy atom. The Bertz CT molecular complexity index is 865. The monoisotopic (exact) mass is 445 g/mol. The standard InChI is InChI=1S/C25H35NO4S/c1-24-8-5-9-25(2,23(27)29-4)21(24)7-6-17-14-18(20(28-3)16-19(17)24)15-22(31)26-10-12-30-13-11-26/h14,16,21H,5-13,15H2,1-4H3/t21-,24+,25+/m0/s1. The van der Waals surface area contributed by atoms with Gasteiger partial charge in [0.25, 0.3) is 0 Å². The maximum atomic E-state index is 12.8. The fourth-order valence-corrected chi connectivity index (χ4v) is 6.78. The van der Waals surface area contributed by atoms with Crippen molar-refractivity contribution in [1.29, 1.82) is 0 Å². The van der Waals surface area contributed by atoms with Gasteiger partial charge in [0, 0.05) is 25.1 Å². The predicted octanol–water partition coefficient (Wildman–Crippen LogP) is 4.08. The lowest BCUT2D eigenvalue weighted by Gasteiger charge is -2.54. The van der Waals surface area contributed by atoms with E-state index in [4.69, 9.17) is 26.4 Å². The molecular formula is C25H35NO4S. The molecule has 1 aliphatic heterocycles. The molecule has 3 aliphatic rings. The lowest BCUT2D eigenvalue weighted by atomic mass is 9.49. The van der Waals surface area contributed by atoms with E-state index in [0.29, 0.717) is 6.42 Å². The van der Waals surface area contributed by atoms with Gasteiger partial charge in [-0.05, 0) is 61.1 Å². The number of rotatable bonds is 4. The number of fused-ring (bicyclic) bond motifs is 3. The van der Waals surface area contributed by atoms with E-state index in [2.05, 4.69) is 30.9 Å². The first-order chi connectivity index (χ1) is 14.8. The number of methoxy groups -OCH3 is 2. The van der Waals surface area contributed by atoms with Crippen molar-refractivity contribution in [2.24, 2.45) is 11.3 Å². The van der Waals surface area contributed by atoms with E-state index in [1.165, 1.54) is 18.2 Å². The van der Waals surface area contributed by atoms with E-state index in [1.807, 2.05) is 0 Å². The second-order valence-corrected chi connectivity index (χ2v) is 10.2. The van der Waals surface area contributed by atoms with Crippen molar-refractivity contribution >= 4 is 23.2 Å². The average molecular weight is 446 g/mol. The smallest absolute Gasteiger partial charge is 0.311 e. The summed E-state index contributed by atoms with van der Waals surface area (Å²) in [5.41, 5.74) is 3.41. The molecule has 5 nitrogen and oxygen atoms in total. The summed E-state index contributed by atoms with van der Waals surface area (Å²) in [6, 6.07) is 4.55. The summed E-state index contributed by atoms with van der Waals surface area (Å²) in [4.78, 5) is 16.0. The minimum absolute atomic E-state index is 0.0503. The van der Waals surface area contributed by atoms with Crippen LogP contribution in [0, 0.1) is 11.3 Å². The minimum atomic E-state index is -0.427. The van der Waals surface area contributed by atoms with E-state index in [-0.39, 0.29) is 17.3 Å². The molecule has 0 spiro atoms. The number of thiocarbonyl (C=S) groups is 1. The van der Waals surface area contributed by atoms with Crippen molar-refractivity contribution in [3.63, 3.8) is 0 Å². The van der Waals surface area contributed by atoms with Crippen molar-refractivity contribution in [2.45, 2.75) is 57.8 Å². The van der Waals surface area contributed by atoms with Gasteiger partial charge in [-0.1, -0.05) is 31.6 Å². The molecule has 1 saturated carbocycles. The van der Waals surface area contributed by atoms with E-state index < -0.39 is 5.41 Å². The highest BCUT2D eigenvalue weighted by atomic mass is 32.1. The third-order valence-electron chi connectivity index (χ3n) is 8.11. The summed E-state index contributed by atoms with van der Waals surface area (Å²) < 4.78 is 16.6. The number of ether oxygens (including phenoxy) is 3. The molecule has 4 rings (SSSR count). The Labute approximate surface area is 191 Å². The van der Waals surface area contributed by atoms with Crippen LogP contribution in [0.15, 0.2) is 12.1 Å². The second kappa shape index (κ2) is 8.70. The Morgan fingerprint density at radius 2 is 1.97 bits per heavy atom. The maximum absolute atomic E-state index is 12.8. The minimum Gasteiger partial charge on any atom is -0.496 e. The molecule has 0 N–H and O–H groups in total. The van der Waals surface area contributed by atoms with Crippen molar-refractivity contribution in [1.82, 2.24) is 4.90 Å². The van der Waals surface area contributed by atoms with Crippen molar-refractivity contribution in [3.05, 3.63) is 28.8 Å². The predicted molar refractivity (Wildman–Crippen MR) is 125 cm³/mol. The van der Waals surface area contributed by atoms with Crippen LogP contribution < -0.4 is 4.74 Å². The van der Waals surface area contributed by atoms with Crippen LogP contribution in [-0.2, 0) is 32.5 Å². The lowest BCUT2D eigenvalue weighted by Crippen LogP contribution is -2.52. The molecule has 0 amide bonds. The number of hydrogen-bond donors (Lipinski definition) is 0. The Balaban J connectivity index is 1.66. The van der Waals surface area contributed by atoms with Crippen molar-refractivity contribution in [3.8, 4) is 5.75 Å². The molecule has 1 aromatic carbocycles. The van der Waals surface area contributed by atoms with E-state index in [9.17, 15) is 4.79 Å². The largest absolute Gasteiger partial charge is 0.496 e. The molecule has 0 bridgehead atoms. The van der Waals surface area contributed by atoms with Crippen LogP contribution in [0.3, 0.4) is 0 Å². The van der Waals surface area contributed by atoms with Gasteiger partial charge in [-0.15, -0.1) is 0 Å². The Kier molecular flexibility index (Phi) is 6.32. The molecule has 31 heavy (non-hydrogen) atoms. The molecule has 2 aliphatic carbocycles. The molecule has 170 valence electrons. The summed E-state index contributed by atoms with van der Waals surface area (Å²) in [6.45, 7) is 7.64. The maximum Gasteiger partial charge on any atom is 0.311 e. The molecule has 1 aromatic rings. The van der Waals surface area contributed by atoms with Gasteiger partial charge in [-0.2, -0.15) is 0 Å². The van der Waals surface area contributed by atoms with Gasteiger partial charge in [0.1, 0.15) is 5.75 Å². The molecule has 0 aromatic heterocycles. The zero-order chi connectivity index (χ0) is 22.2. The van der Waals surface area contributed by atoms with E-state index >= 15 is 0 Å². The second-order valence-electron chi connectivity index (χ2n) is 9.76. The summed E-state index contributed by atoms with van der Waals surface area (Å²) in [7, 11) is 3.26. The highest BCUT2D eigenvalue weighted by Gasteiger charge is 2.55. The van der Waals surface area contributed by atoms with Gasteiger partial charge in [0.2, 0.25) is 0 Å². The number of esters is 1. The molecule has 1 heterocycles. The summed E-state index contributed by atoms with van der Waals surface area (Å²) in [5, 5.41) is 0. The fourth-order valence-electron chi connectivity index (χ4n) is 6.44. The number of aryl methyl sites for hydroxylation is 1. The first-order valence-electron chi connectivity index (χ1n) is 11.5. The summed E-state index contributed by atoms with van der Waals surface area (Å²) in [5.74, 6) is 1.12. The van der Waals surface area contributed by atoms with Gasteiger partial charge in [-0.25, -0.2) is 0 Å². The van der Waals surface area contributed by atoms with Gasteiger partial charge >= 0.3 is 5.97 Å². The zero-order valence-corrected chi connectivity index (χ0v) is 20.1. The van der Waals surface area contributed by atoms with Crippen LogP contribution in [-0.4, -0.2) is 56.4 Å². The summed E-state index contributed by atoms with van der Waals surface area (Å²) in [6.07, 6.45) is 5.72. The first kappa shape index (κ1) is 22.5. The van der Waals surface area contributed by atoms with Gasteiger partial charge in [-0.3, -0.25) is 4.79 Å². The lowest BCUT2D eigenvalue weighted by molar-refractivity contribution is -0.161. The van der Waals surface area contributed by atoms with Crippen LogP contribution >= 0.6 is 12.2 Å². The third-order valence-corrected chi connectivity index (χ3v) is 8.51. The number of morpholine rings is 1. The third kappa shape index (κ3) is 3.86. The molecule has 6 heteroatoms. The average Bonchev–Trinajstić information content (AvgIpc) is 2.78. The van der Waals surface area contributed by atoms with Crippen molar-refractivity contribution < 1.29 is 19.0 Å². The molecule has 0 unspecified atom stereocenters. The van der Waals surface area contributed by atoms with Crippen LogP contribution in [0.5, 0.6) is 5.75 Å². The molecule has 2 fully saturated rings. The Morgan fingerprint density at radius 1 is 1.23 bits per heavy atom. The molecule has 0 radical (unpaired) electrons. The number of carbonyl (C=O) groups is 1. The number of nitrogens with zero attached hydrogens (tertiary/aromatic N) is 1. The SMILES string of the molecule is COC(=O)[C@]1(C)CCC[C@]2(C)c3cc(OC)c(CC(=S)N4CCOCC4)cc3CC[C@H]12. The quantitative estimate of drug-likeness (QED) is 0.514. The van der Waals surface area contributed by atoms with Crippen LogP contribution in [0.2, 0.25) is 0 Å². The zero-order valence-electron chi connectivity index (χ0n) is 19.3. The van der Waals surface area contributed by atoms with Crippen molar-refractivity contribution in [2.75, 3.05) is 40.5 Å². The molecular weight excluding hydrogens is 410 g/mol. The van der Waals surface area contributed by atoms with E-state index in [1.54, 1.807) is 7.11 Å². The van der Waals surface area contributed by atoms with Crippen LogP contribution in [0.1, 0.15) is 56.2 Å². The number of benzene rings is 1. The Hall–Kier alpha value is -1.66. The molecule has 1 saturated heterocycles. The number of hydrogen-bond acceptors (Lipinski definition) is 5. The highest BCUT2D eigenvalue weighted by molar-refractivity contribution is 7.80. The number of carbonyl (C=O) groups excluding carboxylic acids is 1. The highest BCUT2D eigenvalue weighted by Crippen LogP contribution is 2.58. The fraction of sp³-hybridized carbons (Fsp3) is 0.680. The van der Waals surface area contributed by atoms with Gasteiger partial charge < -0.3 is 19.1 Å². The molecule has 3 atom stereocenters. The van der Waals surface area contributed by atoms with Crippen LogP contribution in [0.4, 0.5) is 0 Å².